The molecule has 0 bridgehead atoms. The summed E-state index contributed by atoms with van der Waals surface area (Å²) in [5.41, 5.74) is 3.12. The van der Waals surface area contributed by atoms with Gasteiger partial charge in [0, 0.05) is 48.5 Å². The molecule has 43 heavy (non-hydrogen) atoms. The summed E-state index contributed by atoms with van der Waals surface area (Å²) in [4.78, 5) is 13.6. The van der Waals surface area contributed by atoms with E-state index in [-0.39, 0.29) is 31.1 Å². The van der Waals surface area contributed by atoms with Crippen molar-refractivity contribution in [3.63, 3.8) is 0 Å². The third-order valence-electron chi connectivity index (χ3n) is 7.54. The number of thiazole rings is 1. The van der Waals surface area contributed by atoms with Crippen LogP contribution in [0, 0.1) is 23.0 Å². The minimum absolute atomic E-state index is 0.00365. The Bertz CT molecular complexity index is 1810. The molecule has 5 rings (SSSR count). The van der Waals surface area contributed by atoms with Crippen LogP contribution in [0.15, 0.2) is 42.5 Å². The second-order valence-corrected chi connectivity index (χ2v) is 13.7. The molecule has 0 saturated carbocycles. The number of piperazine rings is 1. The van der Waals surface area contributed by atoms with Gasteiger partial charge in [-0.2, -0.15) is 9.57 Å². The van der Waals surface area contributed by atoms with Gasteiger partial charge in [0.05, 0.1) is 24.6 Å². The van der Waals surface area contributed by atoms with Gasteiger partial charge in [0.25, 0.3) is 0 Å². The molecule has 0 spiro atoms. The van der Waals surface area contributed by atoms with Crippen molar-refractivity contribution in [2.45, 2.75) is 32.7 Å². The van der Waals surface area contributed by atoms with Gasteiger partial charge in [-0.15, -0.1) is 0 Å². The monoisotopic (exact) mass is 626 g/mol. The summed E-state index contributed by atoms with van der Waals surface area (Å²) in [5.74, 6) is -0.920. The number of pyridine rings is 1. The standard InChI is InChI=1S/C30H32F2N6O3S2/c1-5-37(30-35-28(27(15-33)42-30)19-6-8-20(31)9-7-19)26-14-25(18(2)3)34-29-23(26)12-21(13-24(29)32)36-10-11-38(43(4,40)41)22(16-36)17-39/h6-9,12-14,18,22,39H,5,10-11,16-17H2,1-4H3/t22-/m1/s1. The molecule has 1 atom stereocenters. The third kappa shape index (κ3) is 6.05. The molecule has 13 heteroatoms. The number of rotatable bonds is 8. The number of halogens is 2. The molecule has 9 nitrogen and oxygen atoms in total. The quantitative estimate of drug-likeness (QED) is 0.283. The number of nitrogens with zero attached hydrogens (tertiary/aromatic N) is 6. The van der Waals surface area contributed by atoms with Crippen LogP contribution in [0.2, 0.25) is 0 Å². The van der Waals surface area contributed by atoms with E-state index >= 15 is 4.39 Å². The van der Waals surface area contributed by atoms with Crippen molar-refractivity contribution in [2.24, 2.45) is 0 Å². The van der Waals surface area contributed by atoms with Gasteiger partial charge in [-0.3, -0.25) is 0 Å². The van der Waals surface area contributed by atoms with Gasteiger partial charge < -0.3 is 14.9 Å². The van der Waals surface area contributed by atoms with Crippen LogP contribution in [-0.2, 0) is 10.0 Å². The van der Waals surface area contributed by atoms with Crippen LogP contribution in [0.4, 0.5) is 25.3 Å². The van der Waals surface area contributed by atoms with Crippen LogP contribution < -0.4 is 9.80 Å². The molecule has 0 amide bonds. The average Bonchev–Trinajstić information content (AvgIpc) is 3.41. The van der Waals surface area contributed by atoms with Gasteiger partial charge in [0.15, 0.2) is 10.9 Å². The highest BCUT2D eigenvalue weighted by Crippen LogP contribution is 2.41. The Labute approximate surface area is 253 Å². The molecule has 0 radical (unpaired) electrons. The Hall–Kier alpha value is -3.70. The van der Waals surface area contributed by atoms with Gasteiger partial charge in [-0.1, -0.05) is 25.2 Å². The fourth-order valence-electron chi connectivity index (χ4n) is 5.35. The number of hydrogen-bond donors (Lipinski definition) is 1. The first-order valence-electron chi connectivity index (χ1n) is 13.9. The normalized spacial score (nSPS) is 16.2. The van der Waals surface area contributed by atoms with E-state index in [2.05, 4.69) is 11.1 Å². The summed E-state index contributed by atoms with van der Waals surface area (Å²) in [7, 11) is -3.52. The topological polar surface area (TPSA) is 114 Å². The summed E-state index contributed by atoms with van der Waals surface area (Å²) in [6.07, 6.45) is 1.11. The van der Waals surface area contributed by atoms with Crippen molar-refractivity contribution in [3.05, 3.63) is 64.7 Å². The number of sulfonamides is 1. The molecule has 226 valence electrons. The molecule has 0 unspecified atom stereocenters. The minimum atomic E-state index is -3.52. The highest BCUT2D eigenvalue weighted by atomic mass is 32.2. The number of fused-ring (bicyclic) bond motifs is 1. The van der Waals surface area contributed by atoms with Crippen molar-refractivity contribution < 1.29 is 22.3 Å². The Kier molecular flexibility index (Phi) is 8.67. The maximum Gasteiger partial charge on any atom is 0.211 e. The number of aliphatic hydroxyl groups is 1. The van der Waals surface area contributed by atoms with Gasteiger partial charge in [0.2, 0.25) is 10.0 Å². The fraction of sp³-hybridized carbons (Fsp3) is 0.367. The smallest absolute Gasteiger partial charge is 0.211 e. The lowest BCUT2D eigenvalue weighted by Gasteiger charge is -2.40. The molecule has 4 aromatic rings. The highest BCUT2D eigenvalue weighted by Gasteiger charge is 2.33. The number of benzene rings is 2. The van der Waals surface area contributed by atoms with Gasteiger partial charge >= 0.3 is 0 Å². The molecular formula is C30H32F2N6O3S2. The second-order valence-electron chi connectivity index (χ2n) is 10.7. The first-order chi connectivity index (χ1) is 20.4. The van der Waals surface area contributed by atoms with Crippen LogP contribution in [0.25, 0.3) is 22.2 Å². The van der Waals surface area contributed by atoms with Crippen molar-refractivity contribution >= 4 is 48.8 Å². The molecule has 2 aromatic carbocycles. The number of aliphatic hydroxyl groups excluding tert-OH is 1. The number of nitriles is 1. The lowest BCUT2D eigenvalue weighted by atomic mass is 10.0. The molecule has 1 aliphatic heterocycles. The lowest BCUT2D eigenvalue weighted by Crippen LogP contribution is -2.56. The summed E-state index contributed by atoms with van der Waals surface area (Å²) >= 11 is 1.20. The molecule has 2 aromatic heterocycles. The first-order valence-corrected chi connectivity index (χ1v) is 16.5. The first kappa shape index (κ1) is 30.7. The molecule has 3 heterocycles. The van der Waals surface area contributed by atoms with E-state index in [9.17, 15) is 23.2 Å². The zero-order valence-corrected chi connectivity index (χ0v) is 25.9. The van der Waals surface area contributed by atoms with Crippen molar-refractivity contribution in [1.29, 1.82) is 5.26 Å². The van der Waals surface area contributed by atoms with Crippen LogP contribution >= 0.6 is 11.3 Å². The number of aromatic nitrogens is 2. The number of hydrogen-bond acceptors (Lipinski definition) is 9. The SMILES string of the molecule is CCN(c1nc(-c2ccc(F)cc2)c(C#N)s1)c1cc(C(C)C)nc2c(F)cc(N3CCN(S(C)(=O)=O)[C@@H](CO)C3)cc12. The van der Waals surface area contributed by atoms with Crippen LogP contribution in [0.1, 0.15) is 37.3 Å². The maximum absolute atomic E-state index is 15.9. The Morgan fingerprint density at radius 3 is 2.49 bits per heavy atom. The third-order valence-corrected chi connectivity index (χ3v) is 9.86. The van der Waals surface area contributed by atoms with Crippen molar-refractivity contribution in [2.75, 3.05) is 48.8 Å². The van der Waals surface area contributed by atoms with E-state index in [1.54, 1.807) is 12.1 Å². The predicted octanol–water partition coefficient (Wildman–Crippen LogP) is 5.23. The van der Waals surface area contributed by atoms with E-state index in [4.69, 9.17) is 4.98 Å². The second kappa shape index (κ2) is 12.1. The van der Waals surface area contributed by atoms with Gasteiger partial charge in [0.1, 0.15) is 28.0 Å². The largest absolute Gasteiger partial charge is 0.395 e. The molecule has 1 N–H and O–H groups in total. The zero-order chi connectivity index (χ0) is 31.1. The predicted molar refractivity (Wildman–Crippen MR) is 165 cm³/mol. The highest BCUT2D eigenvalue weighted by molar-refractivity contribution is 7.88. The molecule has 1 saturated heterocycles. The Morgan fingerprint density at radius 1 is 1.16 bits per heavy atom. The zero-order valence-electron chi connectivity index (χ0n) is 24.3. The lowest BCUT2D eigenvalue weighted by molar-refractivity contribution is 0.176. The van der Waals surface area contributed by atoms with E-state index < -0.39 is 27.7 Å². The summed E-state index contributed by atoms with van der Waals surface area (Å²) in [6, 6.07) is 12.5. The molecule has 0 aliphatic carbocycles. The van der Waals surface area contributed by atoms with Crippen LogP contribution in [-0.4, -0.2) is 72.9 Å². The van der Waals surface area contributed by atoms with Crippen molar-refractivity contribution in [3.8, 4) is 17.3 Å². The summed E-state index contributed by atoms with van der Waals surface area (Å²) < 4.78 is 55.2. The van der Waals surface area contributed by atoms with E-state index in [0.29, 0.717) is 56.8 Å². The van der Waals surface area contributed by atoms with E-state index in [1.165, 1.54) is 33.8 Å². The average molecular weight is 627 g/mol. The van der Waals surface area contributed by atoms with Crippen LogP contribution in [0.5, 0.6) is 0 Å². The fourth-order valence-corrected chi connectivity index (χ4v) is 7.40. The molecule has 1 aliphatic rings. The van der Waals surface area contributed by atoms with Gasteiger partial charge in [-0.25, -0.2) is 27.2 Å². The molecular weight excluding hydrogens is 594 g/mol. The molecule has 1 fully saturated rings. The minimum Gasteiger partial charge on any atom is -0.395 e. The van der Waals surface area contributed by atoms with E-state index in [1.807, 2.05) is 42.7 Å². The Morgan fingerprint density at radius 2 is 1.88 bits per heavy atom. The summed E-state index contributed by atoms with van der Waals surface area (Å²) in [6.45, 7) is 6.63. The number of anilines is 3. The van der Waals surface area contributed by atoms with Crippen LogP contribution in [0.3, 0.4) is 0 Å². The Balaban J connectivity index is 1.64. The summed E-state index contributed by atoms with van der Waals surface area (Å²) in [5, 5.41) is 20.9. The van der Waals surface area contributed by atoms with Gasteiger partial charge in [-0.05, 0) is 55.3 Å². The van der Waals surface area contributed by atoms with Crippen molar-refractivity contribution in [1.82, 2.24) is 14.3 Å². The van der Waals surface area contributed by atoms with E-state index in [0.717, 1.165) is 6.26 Å². The maximum atomic E-state index is 15.9.